The quantitative estimate of drug-likeness (QED) is 0.711. The van der Waals surface area contributed by atoms with Crippen LogP contribution in [0.15, 0.2) is 24.3 Å². The summed E-state index contributed by atoms with van der Waals surface area (Å²) in [5.74, 6) is 0. The molecule has 16 heavy (non-hydrogen) atoms. The van der Waals surface area contributed by atoms with E-state index in [4.69, 9.17) is 11.5 Å². The van der Waals surface area contributed by atoms with Crippen molar-refractivity contribution in [2.45, 2.75) is 13.8 Å². The van der Waals surface area contributed by atoms with Crippen molar-refractivity contribution in [3.8, 4) is 11.1 Å². The minimum absolute atomic E-state index is 0.620. The summed E-state index contributed by atoms with van der Waals surface area (Å²) in [6, 6.07) is 13.8. The van der Waals surface area contributed by atoms with Crippen molar-refractivity contribution in [3.63, 3.8) is 0 Å². The summed E-state index contributed by atoms with van der Waals surface area (Å²) < 4.78 is 0. The Hall–Kier alpha value is -2.14. The highest BCUT2D eigenvalue weighted by Gasteiger charge is 2.05. The standard InChI is InChI=1S/C14H14N2/c1-9-7-11(15)3-5-13(9)14-6-4-12(16)8-10(14)2/h3,5,7-8H,15-16H2,1-2H3. The highest BCUT2D eigenvalue weighted by Crippen LogP contribution is 2.26. The van der Waals surface area contributed by atoms with E-state index >= 15 is 0 Å². The van der Waals surface area contributed by atoms with Crippen molar-refractivity contribution in [3.05, 3.63) is 47.5 Å². The minimum atomic E-state index is 0.620. The largest absolute Gasteiger partial charge is 0.399 e. The van der Waals surface area contributed by atoms with Crippen molar-refractivity contribution in [2.75, 3.05) is 11.5 Å². The molecule has 0 aromatic heterocycles. The topological polar surface area (TPSA) is 52.0 Å². The van der Waals surface area contributed by atoms with Crippen LogP contribution in [0.1, 0.15) is 11.1 Å². The molecule has 0 heterocycles. The summed E-state index contributed by atoms with van der Waals surface area (Å²) in [5, 5.41) is 0. The van der Waals surface area contributed by atoms with Crippen molar-refractivity contribution >= 4 is 11.4 Å². The van der Waals surface area contributed by atoms with Crippen LogP contribution in [0, 0.1) is 26.0 Å². The zero-order valence-electron chi connectivity index (χ0n) is 9.46. The van der Waals surface area contributed by atoms with Gasteiger partial charge in [-0.05, 0) is 54.8 Å². The predicted octanol–water partition coefficient (Wildman–Crippen LogP) is 2.74. The molecule has 0 amide bonds. The molecular formula is C14H14N2. The summed E-state index contributed by atoms with van der Waals surface area (Å²) >= 11 is 0. The molecule has 0 spiro atoms. The summed E-state index contributed by atoms with van der Waals surface area (Å²) in [7, 11) is 0. The average molecular weight is 210 g/mol. The van der Waals surface area contributed by atoms with Gasteiger partial charge in [-0.25, -0.2) is 0 Å². The third-order valence-electron chi connectivity index (χ3n) is 2.62. The fourth-order valence-corrected chi connectivity index (χ4v) is 1.82. The number of aryl methyl sites for hydroxylation is 2. The van der Waals surface area contributed by atoms with E-state index in [-0.39, 0.29) is 0 Å². The molecule has 0 bridgehead atoms. The van der Waals surface area contributed by atoms with Crippen LogP contribution in [-0.4, -0.2) is 0 Å². The number of benzene rings is 1. The lowest BCUT2D eigenvalue weighted by Gasteiger charge is -2.07. The minimum Gasteiger partial charge on any atom is -0.399 e. The lowest BCUT2D eigenvalue weighted by Crippen LogP contribution is -1.91. The molecule has 0 saturated heterocycles. The second kappa shape index (κ2) is 3.79. The van der Waals surface area contributed by atoms with Crippen molar-refractivity contribution in [1.29, 1.82) is 0 Å². The molecule has 4 N–H and O–H groups in total. The van der Waals surface area contributed by atoms with Crippen LogP contribution in [0.3, 0.4) is 0 Å². The van der Waals surface area contributed by atoms with Crippen LogP contribution in [0.25, 0.3) is 11.1 Å². The van der Waals surface area contributed by atoms with Crippen LogP contribution in [0.4, 0.5) is 11.4 Å². The Bertz CT molecular complexity index is 481. The Kier molecular flexibility index (Phi) is 2.46. The monoisotopic (exact) mass is 210 g/mol. The Labute approximate surface area is 95.9 Å². The second-order valence-corrected chi connectivity index (χ2v) is 3.98. The summed E-state index contributed by atoms with van der Waals surface area (Å²) in [6.45, 7) is 4.06. The van der Waals surface area contributed by atoms with Gasteiger partial charge in [0.25, 0.3) is 0 Å². The number of hydrogen-bond donors (Lipinski definition) is 2. The fourth-order valence-electron chi connectivity index (χ4n) is 1.82. The molecule has 0 aliphatic carbocycles. The number of nitrogens with two attached hydrogens (primary N) is 2. The predicted molar refractivity (Wildman–Crippen MR) is 67.8 cm³/mol. The van der Waals surface area contributed by atoms with E-state index in [0.29, 0.717) is 5.69 Å². The lowest BCUT2D eigenvalue weighted by molar-refractivity contribution is 1.41. The van der Waals surface area contributed by atoms with E-state index in [0.717, 1.165) is 27.9 Å². The molecule has 2 aromatic rings. The first kappa shape index (κ1) is 10.4. The Balaban J connectivity index is 2.59. The first-order valence-electron chi connectivity index (χ1n) is 5.14. The maximum atomic E-state index is 5.73. The molecule has 0 aliphatic heterocycles. The summed E-state index contributed by atoms with van der Waals surface area (Å²) in [4.78, 5) is 0. The SMILES string of the molecule is Cc1cc(N)c#cc1-c1ccc(N)cc1C. The molecule has 0 fully saturated rings. The van der Waals surface area contributed by atoms with Crippen LogP contribution in [0.5, 0.6) is 0 Å². The second-order valence-electron chi connectivity index (χ2n) is 3.98. The Morgan fingerprint density at radius 2 is 1.69 bits per heavy atom. The number of hydrogen-bond acceptors (Lipinski definition) is 2. The van der Waals surface area contributed by atoms with Gasteiger partial charge in [-0.2, -0.15) is 0 Å². The zero-order chi connectivity index (χ0) is 11.7. The molecule has 0 radical (unpaired) electrons. The zero-order valence-corrected chi connectivity index (χ0v) is 9.46. The third kappa shape index (κ3) is 1.80. The van der Waals surface area contributed by atoms with Crippen molar-refractivity contribution in [1.82, 2.24) is 0 Å². The lowest BCUT2D eigenvalue weighted by atomic mass is 9.97. The van der Waals surface area contributed by atoms with Gasteiger partial charge in [-0.1, -0.05) is 12.1 Å². The average Bonchev–Trinajstić information content (AvgIpc) is 2.19. The van der Waals surface area contributed by atoms with Gasteiger partial charge in [0.05, 0.1) is 5.69 Å². The fraction of sp³-hybridized carbons (Fsp3) is 0.143. The van der Waals surface area contributed by atoms with Crippen molar-refractivity contribution < 1.29 is 0 Å². The van der Waals surface area contributed by atoms with E-state index in [1.54, 1.807) is 0 Å². The Morgan fingerprint density at radius 1 is 0.938 bits per heavy atom. The van der Waals surface area contributed by atoms with Crippen LogP contribution in [-0.2, 0) is 0 Å². The maximum absolute atomic E-state index is 5.73. The normalized spacial score (nSPS) is 9.88. The van der Waals surface area contributed by atoms with Gasteiger partial charge in [0.15, 0.2) is 0 Å². The van der Waals surface area contributed by atoms with Gasteiger partial charge in [-0.15, -0.1) is 0 Å². The van der Waals surface area contributed by atoms with E-state index in [1.807, 2.05) is 38.1 Å². The molecular weight excluding hydrogens is 196 g/mol. The third-order valence-corrected chi connectivity index (χ3v) is 2.62. The number of nitrogen functional groups attached to an aromatic ring is 2. The molecule has 0 aliphatic rings. The van der Waals surface area contributed by atoms with E-state index in [1.165, 1.54) is 0 Å². The summed E-state index contributed by atoms with van der Waals surface area (Å²) in [5.41, 5.74) is 17.2. The molecule has 2 heteroatoms. The van der Waals surface area contributed by atoms with E-state index in [2.05, 4.69) is 12.1 Å². The highest BCUT2D eigenvalue weighted by molar-refractivity contribution is 5.72. The van der Waals surface area contributed by atoms with Gasteiger partial charge in [-0.3, -0.25) is 0 Å². The Morgan fingerprint density at radius 3 is 2.31 bits per heavy atom. The van der Waals surface area contributed by atoms with Gasteiger partial charge in [0.2, 0.25) is 0 Å². The number of rotatable bonds is 1. The molecule has 2 aromatic carbocycles. The van der Waals surface area contributed by atoms with Crippen molar-refractivity contribution in [2.24, 2.45) is 0 Å². The van der Waals surface area contributed by atoms with Crippen LogP contribution in [0.2, 0.25) is 0 Å². The summed E-state index contributed by atoms with van der Waals surface area (Å²) in [6.07, 6.45) is 0. The molecule has 2 nitrogen and oxygen atoms in total. The smallest absolute Gasteiger partial charge is 0.0834 e. The van der Waals surface area contributed by atoms with Crippen LogP contribution < -0.4 is 11.5 Å². The first-order valence-corrected chi connectivity index (χ1v) is 5.14. The first-order chi connectivity index (χ1) is 7.58. The van der Waals surface area contributed by atoms with Gasteiger partial charge >= 0.3 is 0 Å². The van der Waals surface area contributed by atoms with E-state index in [9.17, 15) is 0 Å². The molecule has 0 saturated carbocycles. The number of anilines is 2. The molecule has 0 unspecified atom stereocenters. The van der Waals surface area contributed by atoms with Crippen LogP contribution >= 0.6 is 0 Å². The van der Waals surface area contributed by atoms with E-state index < -0.39 is 0 Å². The molecule has 80 valence electrons. The van der Waals surface area contributed by atoms with Gasteiger partial charge < -0.3 is 11.5 Å². The highest BCUT2D eigenvalue weighted by atomic mass is 14.5. The maximum Gasteiger partial charge on any atom is 0.0834 e. The molecule has 0 atom stereocenters. The molecule has 2 rings (SSSR count). The van der Waals surface area contributed by atoms with Gasteiger partial charge in [0.1, 0.15) is 0 Å². The van der Waals surface area contributed by atoms with Gasteiger partial charge in [0, 0.05) is 11.3 Å².